The normalized spacial score (nSPS) is 18.6. The van der Waals surface area contributed by atoms with Crippen LogP contribution in [0.25, 0.3) is 0 Å². The number of methoxy groups -OCH3 is 2. The molecule has 1 saturated heterocycles. The molecule has 0 unspecified atom stereocenters. The standard InChI is InChI=1S/C15H18ClN3O2S/c1-20-10-5-6-11(14(8-10)21-2)13-4-3-7-19(13)9-12-15(16)22-18-17-12/h5-6,8,13H,3-4,7,9H2,1-2H3/t13-/m1/s1. The van der Waals surface area contributed by atoms with E-state index in [4.69, 9.17) is 21.1 Å². The maximum Gasteiger partial charge on any atom is 0.138 e. The number of nitrogens with zero attached hydrogens (tertiary/aromatic N) is 3. The van der Waals surface area contributed by atoms with Gasteiger partial charge in [-0.15, -0.1) is 5.10 Å². The van der Waals surface area contributed by atoms with Gasteiger partial charge in [0.1, 0.15) is 21.5 Å². The van der Waals surface area contributed by atoms with Crippen LogP contribution in [-0.4, -0.2) is 35.3 Å². The third-order valence-electron chi connectivity index (χ3n) is 4.03. The van der Waals surface area contributed by atoms with Crippen molar-refractivity contribution in [1.29, 1.82) is 0 Å². The largest absolute Gasteiger partial charge is 0.497 e. The summed E-state index contributed by atoms with van der Waals surface area (Å²) < 4.78 is 15.4. The van der Waals surface area contributed by atoms with E-state index in [-0.39, 0.29) is 0 Å². The Morgan fingerprint density at radius 1 is 1.36 bits per heavy atom. The summed E-state index contributed by atoms with van der Waals surface area (Å²) >= 11 is 7.37. The highest BCUT2D eigenvalue weighted by Crippen LogP contribution is 2.39. The predicted molar refractivity (Wildman–Crippen MR) is 86.9 cm³/mol. The fourth-order valence-electron chi connectivity index (χ4n) is 2.94. The quantitative estimate of drug-likeness (QED) is 0.833. The lowest BCUT2D eigenvalue weighted by Gasteiger charge is -2.25. The first-order valence-corrected chi connectivity index (χ1v) is 8.30. The second kappa shape index (κ2) is 6.81. The molecular formula is C15H18ClN3O2S. The van der Waals surface area contributed by atoms with Crippen molar-refractivity contribution in [3.05, 3.63) is 33.8 Å². The first-order valence-electron chi connectivity index (χ1n) is 7.15. The molecule has 0 radical (unpaired) electrons. The van der Waals surface area contributed by atoms with Gasteiger partial charge in [-0.05, 0) is 25.5 Å². The Labute approximate surface area is 139 Å². The molecule has 1 aliphatic heterocycles. The van der Waals surface area contributed by atoms with E-state index in [1.807, 2.05) is 12.1 Å². The van der Waals surface area contributed by atoms with E-state index in [1.165, 1.54) is 17.1 Å². The van der Waals surface area contributed by atoms with E-state index in [2.05, 4.69) is 20.6 Å². The van der Waals surface area contributed by atoms with Crippen molar-refractivity contribution >= 4 is 23.1 Å². The summed E-state index contributed by atoms with van der Waals surface area (Å²) in [6.45, 7) is 1.74. The van der Waals surface area contributed by atoms with Gasteiger partial charge in [-0.3, -0.25) is 4.90 Å². The number of benzene rings is 1. The fourth-order valence-corrected chi connectivity index (χ4v) is 3.56. The van der Waals surface area contributed by atoms with Gasteiger partial charge in [0.05, 0.1) is 14.2 Å². The first kappa shape index (κ1) is 15.5. The molecule has 2 heterocycles. The first-order chi connectivity index (χ1) is 10.7. The zero-order chi connectivity index (χ0) is 15.5. The molecular weight excluding hydrogens is 322 g/mol. The summed E-state index contributed by atoms with van der Waals surface area (Å²) in [6, 6.07) is 6.30. The lowest BCUT2D eigenvalue weighted by molar-refractivity contribution is 0.240. The molecule has 2 aromatic rings. The molecule has 1 atom stereocenters. The van der Waals surface area contributed by atoms with Crippen LogP contribution in [0.5, 0.6) is 11.5 Å². The minimum absolute atomic E-state index is 0.304. The minimum Gasteiger partial charge on any atom is -0.497 e. The van der Waals surface area contributed by atoms with Crippen LogP contribution in [0.4, 0.5) is 0 Å². The number of likely N-dealkylation sites (tertiary alicyclic amines) is 1. The van der Waals surface area contributed by atoms with E-state index in [9.17, 15) is 0 Å². The second-order valence-corrected chi connectivity index (χ2v) is 6.59. The van der Waals surface area contributed by atoms with Gasteiger partial charge in [0.2, 0.25) is 0 Å². The highest BCUT2D eigenvalue weighted by molar-refractivity contribution is 7.10. The van der Waals surface area contributed by atoms with Crippen molar-refractivity contribution in [3.63, 3.8) is 0 Å². The molecule has 0 saturated carbocycles. The number of hydrogen-bond acceptors (Lipinski definition) is 6. The molecule has 1 aromatic carbocycles. The topological polar surface area (TPSA) is 47.5 Å². The Kier molecular flexibility index (Phi) is 4.81. The van der Waals surface area contributed by atoms with Crippen molar-refractivity contribution in [2.75, 3.05) is 20.8 Å². The Balaban J connectivity index is 1.85. The summed E-state index contributed by atoms with van der Waals surface area (Å²) in [7, 11) is 3.35. The summed E-state index contributed by atoms with van der Waals surface area (Å²) in [5, 5.41) is 4.12. The van der Waals surface area contributed by atoms with Crippen LogP contribution in [0.15, 0.2) is 18.2 Å². The smallest absolute Gasteiger partial charge is 0.138 e. The Morgan fingerprint density at radius 3 is 2.91 bits per heavy atom. The summed E-state index contributed by atoms with van der Waals surface area (Å²) in [4.78, 5) is 2.38. The molecule has 5 nitrogen and oxygen atoms in total. The average molecular weight is 340 g/mol. The second-order valence-electron chi connectivity index (χ2n) is 5.23. The van der Waals surface area contributed by atoms with Crippen molar-refractivity contribution in [2.45, 2.75) is 25.4 Å². The number of aromatic nitrogens is 2. The van der Waals surface area contributed by atoms with Crippen LogP contribution in [-0.2, 0) is 6.54 Å². The van der Waals surface area contributed by atoms with Gasteiger partial charge in [-0.25, -0.2) is 0 Å². The van der Waals surface area contributed by atoms with Gasteiger partial charge in [0.25, 0.3) is 0 Å². The fraction of sp³-hybridized carbons (Fsp3) is 0.467. The van der Waals surface area contributed by atoms with E-state index in [0.717, 1.165) is 43.1 Å². The summed E-state index contributed by atoms with van der Waals surface area (Å²) in [6.07, 6.45) is 2.24. The molecule has 1 aliphatic rings. The number of rotatable bonds is 5. The van der Waals surface area contributed by atoms with E-state index in [1.54, 1.807) is 14.2 Å². The number of ether oxygens (including phenoxy) is 2. The Hall–Kier alpha value is -1.37. The third kappa shape index (κ3) is 3.04. The lowest BCUT2D eigenvalue weighted by Crippen LogP contribution is -2.23. The highest BCUT2D eigenvalue weighted by atomic mass is 35.5. The van der Waals surface area contributed by atoms with Gasteiger partial charge >= 0.3 is 0 Å². The Bertz CT molecular complexity index is 649. The maximum atomic E-state index is 6.14. The van der Waals surface area contributed by atoms with E-state index >= 15 is 0 Å². The highest BCUT2D eigenvalue weighted by Gasteiger charge is 2.29. The molecule has 0 amide bonds. The molecule has 1 aromatic heterocycles. The van der Waals surface area contributed by atoms with E-state index < -0.39 is 0 Å². The molecule has 118 valence electrons. The lowest BCUT2D eigenvalue weighted by atomic mass is 10.0. The molecule has 22 heavy (non-hydrogen) atoms. The average Bonchev–Trinajstić information content (AvgIpc) is 3.16. The SMILES string of the molecule is COc1ccc([C@H]2CCCN2Cc2nnsc2Cl)c(OC)c1. The van der Waals surface area contributed by atoms with Gasteiger partial charge in [0.15, 0.2) is 0 Å². The van der Waals surface area contributed by atoms with Gasteiger partial charge in [-0.1, -0.05) is 22.2 Å². The Morgan fingerprint density at radius 2 is 2.23 bits per heavy atom. The van der Waals surface area contributed by atoms with Crippen molar-refractivity contribution < 1.29 is 9.47 Å². The molecule has 0 N–H and O–H groups in total. The number of halogens is 1. The van der Waals surface area contributed by atoms with E-state index in [0.29, 0.717) is 10.4 Å². The van der Waals surface area contributed by atoms with Crippen molar-refractivity contribution in [2.24, 2.45) is 0 Å². The van der Waals surface area contributed by atoms with Crippen LogP contribution >= 0.6 is 23.1 Å². The summed E-state index contributed by atoms with van der Waals surface area (Å²) in [5.74, 6) is 1.66. The summed E-state index contributed by atoms with van der Waals surface area (Å²) in [5.41, 5.74) is 2.03. The van der Waals surface area contributed by atoms with Gasteiger partial charge < -0.3 is 9.47 Å². The molecule has 0 spiro atoms. The van der Waals surface area contributed by atoms with Crippen LogP contribution < -0.4 is 9.47 Å². The maximum absolute atomic E-state index is 6.14. The van der Waals surface area contributed by atoms with Gasteiger partial charge in [-0.2, -0.15) is 0 Å². The van der Waals surface area contributed by atoms with Crippen LogP contribution in [0.3, 0.4) is 0 Å². The predicted octanol–water partition coefficient (Wildman–Crippen LogP) is 3.55. The monoisotopic (exact) mass is 339 g/mol. The minimum atomic E-state index is 0.304. The number of hydrogen-bond donors (Lipinski definition) is 0. The molecule has 7 heteroatoms. The molecule has 0 aliphatic carbocycles. The zero-order valence-electron chi connectivity index (χ0n) is 12.6. The van der Waals surface area contributed by atoms with Crippen molar-refractivity contribution in [3.8, 4) is 11.5 Å². The molecule has 3 rings (SSSR count). The van der Waals surface area contributed by atoms with Gasteiger partial charge in [0, 0.05) is 35.7 Å². The third-order valence-corrected chi connectivity index (χ3v) is 5.01. The van der Waals surface area contributed by atoms with Crippen molar-refractivity contribution in [1.82, 2.24) is 14.5 Å². The van der Waals surface area contributed by atoms with Crippen LogP contribution in [0.2, 0.25) is 4.34 Å². The van der Waals surface area contributed by atoms with Crippen LogP contribution in [0, 0.1) is 0 Å². The zero-order valence-corrected chi connectivity index (χ0v) is 14.2. The molecule has 1 fully saturated rings. The van der Waals surface area contributed by atoms with Crippen LogP contribution in [0.1, 0.15) is 30.1 Å². The molecule has 0 bridgehead atoms.